The molecule has 0 bridgehead atoms. The maximum absolute atomic E-state index is 11.9. The fourth-order valence-corrected chi connectivity index (χ4v) is 2.12. The zero-order chi connectivity index (χ0) is 12.5. The third-order valence-corrected chi connectivity index (χ3v) is 3.06. The smallest absolute Gasteiger partial charge is 0.223 e. The number of amides is 1. The van der Waals surface area contributed by atoms with Gasteiger partial charge in [0.1, 0.15) is 6.54 Å². The molecule has 0 radical (unpaired) electrons. The summed E-state index contributed by atoms with van der Waals surface area (Å²) in [6.45, 7) is 3.73. The first-order valence-corrected chi connectivity index (χ1v) is 6.54. The van der Waals surface area contributed by atoms with Crippen LogP contribution in [-0.4, -0.2) is 36.6 Å². The maximum atomic E-state index is 11.9. The van der Waals surface area contributed by atoms with E-state index in [1.807, 2.05) is 13.0 Å². The van der Waals surface area contributed by atoms with Crippen LogP contribution < -0.4 is 0 Å². The predicted molar refractivity (Wildman–Crippen MR) is 65.3 cm³/mol. The molecular formula is C13H22N2O2. The summed E-state index contributed by atoms with van der Waals surface area (Å²) < 4.78 is 5.59. The van der Waals surface area contributed by atoms with Crippen molar-refractivity contribution in [2.75, 3.05) is 19.7 Å². The summed E-state index contributed by atoms with van der Waals surface area (Å²) in [7, 11) is 0. The lowest BCUT2D eigenvalue weighted by molar-refractivity contribution is -0.131. The molecule has 96 valence electrons. The topological polar surface area (TPSA) is 53.3 Å². The highest BCUT2D eigenvalue weighted by atomic mass is 16.5. The Bertz CT molecular complexity index is 267. The zero-order valence-corrected chi connectivity index (χ0v) is 10.7. The number of rotatable bonds is 6. The monoisotopic (exact) mass is 238 g/mol. The largest absolute Gasteiger partial charge is 0.378 e. The van der Waals surface area contributed by atoms with Crippen LogP contribution in [0.25, 0.3) is 0 Å². The van der Waals surface area contributed by atoms with Crippen molar-refractivity contribution in [1.29, 1.82) is 5.26 Å². The normalized spacial score (nSPS) is 19.6. The summed E-state index contributed by atoms with van der Waals surface area (Å²) >= 11 is 0. The molecule has 0 aromatic carbocycles. The molecule has 0 aromatic rings. The zero-order valence-electron chi connectivity index (χ0n) is 10.7. The van der Waals surface area contributed by atoms with E-state index in [0.29, 0.717) is 13.0 Å². The minimum absolute atomic E-state index is 0.0857. The number of hydrogen-bond acceptors (Lipinski definition) is 3. The van der Waals surface area contributed by atoms with Crippen molar-refractivity contribution in [3.05, 3.63) is 0 Å². The number of carbonyl (C=O) groups is 1. The van der Waals surface area contributed by atoms with Gasteiger partial charge >= 0.3 is 0 Å². The fourth-order valence-electron chi connectivity index (χ4n) is 2.12. The van der Waals surface area contributed by atoms with E-state index in [2.05, 4.69) is 0 Å². The summed E-state index contributed by atoms with van der Waals surface area (Å²) in [6, 6.07) is 2.05. The maximum Gasteiger partial charge on any atom is 0.223 e. The number of nitriles is 1. The van der Waals surface area contributed by atoms with Crippen LogP contribution in [0.15, 0.2) is 0 Å². The highest BCUT2D eigenvalue weighted by Gasteiger charge is 2.17. The van der Waals surface area contributed by atoms with Crippen molar-refractivity contribution in [3.8, 4) is 6.07 Å². The van der Waals surface area contributed by atoms with Crippen LogP contribution in [0, 0.1) is 11.3 Å². The van der Waals surface area contributed by atoms with Gasteiger partial charge in [-0.15, -0.1) is 0 Å². The van der Waals surface area contributed by atoms with Gasteiger partial charge in [0.25, 0.3) is 0 Å². The lowest BCUT2D eigenvalue weighted by Gasteiger charge is -2.24. The molecule has 0 aromatic heterocycles. The van der Waals surface area contributed by atoms with Crippen molar-refractivity contribution in [1.82, 2.24) is 4.90 Å². The number of ether oxygens (including phenoxy) is 1. The molecule has 1 aliphatic heterocycles. The third-order valence-electron chi connectivity index (χ3n) is 3.06. The molecule has 0 N–H and O–H groups in total. The Hall–Kier alpha value is -1.08. The average Bonchev–Trinajstić information content (AvgIpc) is 2.37. The summed E-state index contributed by atoms with van der Waals surface area (Å²) in [5.41, 5.74) is 0. The minimum atomic E-state index is 0.0857. The Morgan fingerprint density at radius 2 is 2.35 bits per heavy atom. The van der Waals surface area contributed by atoms with E-state index in [4.69, 9.17) is 10.00 Å². The summed E-state index contributed by atoms with van der Waals surface area (Å²) in [6.07, 6.45) is 5.86. The van der Waals surface area contributed by atoms with Crippen LogP contribution in [0.4, 0.5) is 0 Å². The van der Waals surface area contributed by atoms with E-state index in [1.165, 1.54) is 6.42 Å². The van der Waals surface area contributed by atoms with Gasteiger partial charge in [-0.2, -0.15) is 5.26 Å². The van der Waals surface area contributed by atoms with Gasteiger partial charge < -0.3 is 9.64 Å². The van der Waals surface area contributed by atoms with E-state index < -0.39 is 0 Å². The van der Waals surface area contributed by atoms with Gasteiger partial charge in [-0.1, -0.05) is 6.92 Å². The molecule has 1 saturated heterocycles. The fraction of sp³-hybridized carbons (Fsp3) is 0.846. The Balaban J connectivity index is 2.28. The van der Waals surface area contributed by atoms with Gasteiger partial charge in [0.05, 0.1) is 12.2 Å². The number of hydrogen-bond donors (Lipinski definition) is 0. The van der Waals surface area contributed by atoms with E-state index in [1.54, 1.807) is 4.90 Å². The quantitative estimate of drug-likeness (QED) is 0.666. The Morgan fingerprint density at radius 3 is 2.94 bits per heavy atom. The van der Waals surface area contributed by atoms with Gasteiger partial charge in [0.15, 0.2) is 0 Å². The molecule has 1 aliphatic rings. The molecule has 1 unspecified atom stereocenters. The highest BCUT2D eigenvalue weighted by Crippen LogP contribution is 2.17. The summed E-state index contributed by atoms with van der Waals surface area (Å²) in [5.74, 6) is 0.0857. The summed E-state index contributed by atoms with van der Waals surface area (Å²) in [4.78, 5) is 13.5. The second-order valence-electron chi connectivity index (χ2n) is 4.50. The SMILES string of the molecule is CCCN(CC#N)C(=O)CCC1CCCCO1. The van der Waals surface area contributed by atoms with Gasteiger partial charge in [0.2, 0.25) is 5.91 Å². The van der Waals surface area contributed by atoms with E-state index in [-0.39, 0.29) is 18.6 Å². The second kappa shape index (κ2) is 8.08. The molecule has 1 fully saturated rings. The first-order valence-electron chi connectivity index (χ1n) is 6.54. The number of carbonyl (C=O) groups excluding carboxylic acids is 1. The van der Waals surface area contributed by atoms with Crippen LogP contribution in [0.2, 0.25) is 0 Å². The first-order chi connectivity index (χ1) is 8.27. The second-order valence-corrected chi connectivity index (χ2v) is 4.50. The first kappa shape index (κ1) is 14.0. The molecular weight excluding hydrogens is 216 g/mol. The van der Waals surface area contributed by atoms with Gasteiger partial charge in [-0.3, -0.25) is 4.79 Å². The lowest BCUT2D eigenvalue weighted by atomic mass is 10.0. The molecule has 1 rings (SSSR count). The molecule has 0 spiro atoms. The molecule has 4 heteroatoms. The van der Waals surface area contributed by atoms with E-state index in [0.717, 1.165) is 32.3 Å². The molecule has 17 heavy (non-hydrogen) atoms. The van der Waals surface area contributed by atoms with Crippen LogP contribution in [0.3, 0.4) is 0 Å². The van der Waals surface area contributed by atoms with Crippen LogP contribution in [0.5, 0.6) is 0 Å². The number of nitrogens with zero attached hydrogens (tertiary/aromatic N) is 2. The van der Waals surface area contributed by atoms with Crippen molar-refractivity contribution < 1.29 is 9.53 Å². The molecule has 0 aliphatic carbocycles. The minimum Gasteiger partial charge on any atom is -0.378 e. The Labute approximate surface area is 104 Å². The van der Waals surface area contributed by atoms with Gasteiger partial charge in [-0.25, -0.2) is 0 Å². The molecule has 1 amide bonds. The van der Waals surface area contributed by atoms with Crippen LogP contribution >= 0.6 is 0 Å². The highest BCUT2D eigenvalue weighted by molar-refractivity contribution is 5.76. The molecule has 4 nitrogen and oxygen atoms in total. The Kier molecular flexibility index (Phi) is 6.64. The van der Waals surface area contributed by atoms with E-state index in [9.17, 15) is 4.79 Å². The summed E-state index contributed by atoms with van der Waals surface area (Å²) in [5, 5.41) is 8.66. The van der Waals surface area contributed by atoms with Crippen LogP contribution in [0.1, 0.15) is 45.4 Å². The van der Waals surface area contributed by atoms with Gasteiger partial charge in [0, 0.05) is 19.6 Å². The molecule has 1 heterocycles. The third kappa shape index (κ3) is 5.18. The van der Waals surface area contributed by atoms with Crippen molar-refractivity contribution in [3.63, 3.8) is 0 Å². The predicted octanol–water partition coefficient (Wildman–Crippen LogP) is 2.10. The Morgan fingerprint density at radius 1 is 1.53 bits per heavy atom. The molecule has 0 saturated carbocycles. The molecule has 1 atom stereocenters. The van der Waals surface area contributed by atoms with E-state index >= 15 is 0 Å². The van der Waals surface area contributed by atoms with Crippen molar-refractivity contribution in [2.45, 2.75) is 51.6 Å². The average molecular weight is 238 g/mol. The standard InChI is InChI=1S/C13H22N2O2/c1-2-9-15(10-8-14)13(16)7-6-12-5-3-4-11-17-12/h12H,2-7,9-11H2,1H3. The van der Waals surface area contributed by atoms with Crippen LogP contribution in [-0.2, 0) is 9.53 Å². The lowest BCUT2D eigenvalue weighted by Crippen LogP contribution is -2.33. The van der Waals surface area contributed by atoms with Crippen molar-refractivity contribution >= 4 is 5.91 Å². The van der Waals surface area contributed by atoms with Gasteiger partial charge in [-0.05, 0) is 32.1 Å². The van der Waals surface area contributed by atoms with Crippen molar-refractivity contribution in [2.24, 2.45) is 0 Å².